The summed E-state index contributed by atoms with van der Waals surface area (Å²) in [7, 11) is -3.02. The Labute approximate surface area is 158 Å². The first-order valence-electron chi connectivity index (χ1n) is 9.00. The highest BCUT2D eigenvalue weighted by molar-refractivity contribution is 7.91. The summed E-state index contributed by atoms with van der Waals surface area (Å²) in [5.41, 5.74) is 0.900. The zero-order chi connectivity index (χ0) is 19.4. The van der Waals surface area contributed by atoms with Gasteiger partial charge in [0.2, 0.25) is 5.91 Å². The highest BCUT2D eigenvalue weighted by Gasteiger charge is 2.29. The highest BCUT2D eigenvalue weighted by Crippen LogP contribution is 2.21. The van der Waals surface area contributed by atoms with Crippen molar-refractivity contribution in [1.82, 2.24) is 5.32 Å². The van der Waals surface area contributed by atoms with E-state index in [1.165, 1.54) is 0 Å². The molecule has 1 heterocycles. The van der Waals surface area contributed by atoms with E-state index in [0.717, 1.165) is 16.3 Å². The van der Waals surface area contributed by atoms with Crippen molar-refractivity contribution in [2.45, 2.75) is 19.3 Å². The average molecular weight is 389 g/mol. The Bertz CT molecular complexity index is 954. The number of benzene rings is 2. The number of sulfone groups is 1. The van der Waals surface area contributed by atoms with Crippen LogP contribution in [0.5, 0.6) is 0 Å². The molecule has 1 aliphatic rings. The minimum absolute atomic E-state index is 0.0282. The van der Waals surface area contributed by atoms with Crippen LogP contribution in [0.1, 0.15) is 18.4 Å². The second-order valence-corrected chi connectivity index (χ2v) is 9.43. The van der Waals surface area contributed by atoms with Crippen LogP contribution in [0, 0.1) is 11.8 Å². The lowest BCUT2D eigenvalue weighted by Gasteiger charge is -2.15. The quantitative estimate of drug-likeness (QED) is 0.755. The zero-order valence-electron chi connectivity index (χ0n) is 14.9. The highest BCUT2D eigenvalue weighted by atomic mass is 32.2. The molecule has 0 radical (unpaired) electrons. The Kier molecular flexibility index (Phi) is 5.79. The van der Waals surface area contributed by atoms with Crippen molar-refractivity contribution in [3.63, 3.8) is 0 Å². The second kappa shape index (κ2) is 8.08. The first-order valence-corrected chi connectivity index (χ1v) is 10.8. The summed E-state index contributed by atoms with van der Waals surface area (Å²) < 4.78 is 22.9. The number of amides is 1. The molecule has 0 aromatic heterocycles. The molecule has 2 unspecified atom stereocenters. The molecule has 2 aromatic carbocycles. The summed E-state index contributed by atoms with van der Waals surface area (Å²) in [6.45, 7) is 0.0282. The van der Waals surface area contributed by atoms with E-state index in [2.05, 4.69) is 5.32 Å². The van der Waals surface area contributed by atoms with E-state index < -0.39 is 21.7 Å². The molecule has 1 saturated heterocycles. The van der Waals surface area contributed by atoms with Crippen LogP contribution in [0.25, 0.3) is 10.8 Å². The number of fused-ring (bicyclic) bond motifs is 1. The van der Waals surface area contributed by atoms with Crippen LogP contribution in [0.15, 0.2) is 42.5 Å². The van der Waals surface area contributed by atoms with Crippen molar-refractivity contribution in [2.75, 3.05) is 18.1 Å². The largest absolute Gasteiger partial charge is 0.481 e. The summed E-state index contributed by atoms with van der Waals surface area (Å²) in [4.78, 5) is 23.6. The van der Waals surface area contributed by atoms with Crippen molar-refractivity contribution >= 4 is 32.5 Å². The van der Waals surface area contributed by atoms with E-state index in [1.54, 1.807) is 0 Å². The zero-order valence-corrected chi connectivity index (χ0v) is 15.7. The molecule has 2 N–H and O–H groups in total. The molecule has 2 atom stereocenters. The summed E-state index contributed by atoms with van der Waals surface area (Å²) in [6.07, 6.45) is 0.939. The molecule has 1 amide bonds. The molecule has 144 valence electrons. The van der Waals surface area contributed by atoms with Crippen LogP contribution in [0.4, 0.5) is 0 Å². The van der Waals surface area contributed by atoms with Gasteiger partial charge in [-0.1, -0.05) is 42.5 Å². The van der Waals surface area contributed by atoms with E-state index >= 15 is 0 Å². The lowest BCUT2D eigenvalue weighted by Crippen LogP contribution is -2.35. The van der Waals surface area contributed by atoms with Crippen molar-refractivity contribution in [2.24, 2.45) is 11.8 Å². The Balaban J connectivity index is 1.57. The molecule has 27 heavy (non-hydrogen) atoms. The standard InChI is InChI=1S/C20H23NO5S/c22-19(11-15-7-8-27(25,26)13-15)21-12-18(20(23)24)10-14-5-6-16-3-1-2-4-17(16)9-14/h1-6,9,15,18H,7-8,10-13H2,(H,21,22)(H,23,24). The molecule has 0 aliphatic carbocycles. The van der Waals surface area contributed by atoms with E-state index in [9.17, 15) is 23.1 Å². The van der Waals surface area contributed by atoms with Gasteiger partial charge in [-0.05, 0) is 35.1 Å². The van der Waals surface area contributed by atoms with E-state index in [4.69, 9.17) is 0 Å². The molecular weight excluding hydrogens is 366 g/mol. The van der Waals surface area contributed by atoms with Crippen molar-refractivity contribution in [1.29, 1.82) is 0 Å². The van der Waals surface area contributed by atoms with Gasteiger partial charge in [0, 0.05) is 13.0 Å². The van der Waals surface area contributed by atoms with E-state index in [-0.39, 0.29) is 36.3 Å². The molecule has 2 aromatic rings. The maximum absolute atomic E-state index is 12.1. The van der Waals surface area contributed by atoms with Gasteiger partial charge in [0.1, 0.15) is 0 Å². The van der Waals surface area contributed by atoms with Gasteiger partial charge >= 0.3 is 5.97 Å². The molecule has 3 rings (SSSR count). The van der Waals surface area contributed by atoms with Gasteiger partial charge in [0.15, 0.2) is 9.84 Å². The molecule has 7 heteroatoms. The van der Waals surface area contributed by atoms with Gasteiger partial charge in [-0.15, -0.1) is 0 Å². The first kappa shape index (κ1) is 19.4. The van der Waals surface area contributed by atoms with E-state index in [1.807, 2.05) is 42.5 Å². The van der Waals surface area contributed by atoms with Crippen LogP contribution in [0.2, 0.25) is 0 Å². The molecule has 1 aliphatic heterocycles. The Morgan fingerprint density at radius 2 is 1.89 bits per heavy atom. The van der Waals surface area contributed by atoms with Crippen LogP contribution < -0.4 is 5.32 Å². The lowest BCUT2D eigenvalue weighted by atomic mass is 9.97. The number of carbonyl (C=O) groups excluding carboxylic acids is 1. The Hall–Kier alpha value is -2.41. The fourth-order valence-corrected chi connectivity index (χ4v) is 5.36. The predicted molar refractivity (Wildman–Crippen MR) is 103 cm³/mol. The number of carboxylic acid groups (broad SMARTS) is 1. The Morgan fingerprint density at radius 1 is 1.15 bits per heavy atom. The van der Waals surface area contributed by atoms with Crippen LogP contribution in [0.3, 0.4) is 0 Å². The number of carboxylic acids is 1. The number of rotatable bonds is 7. The fourth-order valence-electron chi connectivity index (χ4n) is 3.50. The normalized spacial score (nSPS) is 19.6. The lowest BCUT2D eigenvalue weighted by molar-refractivity contribution is -0.141. The smallest absolute Gasteiger partial charge is 0.308 e. The summed E-state index contributed by atoms with van der Waals surface area (Å²) >= 11 is 0. The predicted octanol–water partition coefficient (Wildman–Crippen LogP) is 2.02. The average Bonchev–Trinajstić information content (AvgIpc) is 2.96. The van der Waals surface area contributed by atoms with Gasteiger partial charge in [0.25, 0.3) is 0 Å². The number of hydrogen-bond donors (Lipinski definition) is 2. The van der Waals surface area contributed by atoms with Gasteiger partial charge in [-0.25, -0.2) is 8.42 Å². The molecule has 0 spiro atoms. The van der Waals surface area contributed by atoms with Crippen LogP contribution >= 0.6 is 0 Å². The molecular formula is C20H23NO5S. The minimum Gasteiger partial charge on any atom is -0.481 e. The summed E-state index contributed by atoms with van der Waals surface area (Å²) in [5.74, 6) is -1.99. The second-order valence-electron chi connectivity index (χ2n) is 7.20. The van der Waals surface area contributed by atoms with Gasteiger partial charge in [0.05, 0.1) is 17.4 Å². The summed E-state index contributed by atoms with van der Waals surface area (Å²) in [6, 6.07) is 13.7. The first-order chi connectivity index (χ1) is 12.8. The van der Waals surface area contributed by atoms with Crippen molar-refractivity contribution < 1.29 is 23.1 Å². The van der Waals surface area contributed by atoms with Gasteiger partial charge < -0.3 is 10.4 Å². The maximum Gasteiger partial charge on any atom is 0.308 e. The SMILES string of the molecule is O=C(CC1CCS(=O)(=O)C1)NCC(Cc1ccc2ccccc2c1)C(=O)O. The van der Waals surface area contributed by atoms with Gasteiger partial charge in [-0.2, -0.15) is 0 Å². The topological polar surface area (TPSA) is 101 Å². The third kappa shape index (κ3) is 5.29. The van der Waals surface area contributed by atoms with Crippen LogP contribution in [-0.2, 0) is 25.8 Å². The van der Waals surface area contributed by atoms with Gasteiger partial charge in [-0.3, -0.25) is 9.59 Å². The maximum atomic E-state index is 12.1. The molecule has 0 saturated carbocycles. The third-order valence-corrected chi connectivity index (χ3v) is 6.83. The molecule has 0 bridgehead atoms. The minimum atomic E-state index is -3.02. The fraction of sp³-hybridized carbons (Fsp3) is 0.400. The van der Waals surface area contributed by atoms with Crippen molar-refractivity contribution in [3.05, 3.63) is 48.0 Å². The number of hydrogen-bond acceptors (Lipinski definition) is 4. The molecule has 1 fully saturated rings. The van der Waals surface area contributed by atoms with E-state index in [0.29, 0.717) is 12.8 Å². The monoisotopic (exact) mass is 389 g/mol. The number of aliphatic carboxylic acids is 1. The number of nitrogens with one attached hydrogen (secondary N) is 1. The number of carbonyl (C=O) groups is 2. The Morgan fingerprint density at radius 3 is 2.56 bits per heavy atom. The van der Waals surface area contributed by atoms with Crippen molar-refractivity contribution in [3.8, 4) is 0 Å². The van der Waals surface area contributed by atoms with Crippen LogP contribution in [-0.4, -0.2) is 43.5 Å². The third-order valence-electron chi connectivity index (χ3n) is 4.99. The molecule has 6 nitrogen and oxygen atoms in total. The summed E-state index contributed by atoms with van der Waals surface area (Å²) in [5, 5.41) is 14.3.